The van der Waals surface area contributed by atoms with Crippen molar-refractivity contribution in [3.63, 3.8) is 0 Å². The standard InChI is InChI=1S/C28H20N2O3/c1-33-28(32)21-13-16-22(17-14-21)30-26(29-25-12-5-4-11-24(25)27(30)31)18-15-20-9-6-8-19-7-2-3-10-23(19)20/h2-18H,1H3/b18-15+. The molecule has 1 aromatic heterocycles. The van der Waals surface area contributed by atoms with Gasteiger partial charge in [0.25, 0.3) is 5.56 Å². The van der Waals surface area contributed by atoms with Gasteiger partial charge >= 0.3 is 5.97 Å². The number of rotatable bonds is 4. The normalized spacial score (nSPS) is 11.3. The minimum absolute atomic E-state index is 0.177. The molecule has 0 aliphatic heterocycles. The fraction of sp³-hybridized carbons (Fsp3) is 0.0357. The van der Waals surface area contributed by atoms with Gasteiger partial charge < -0.3 is 4.74 Å². The van der Waals surface area contributed by atoms with Gasteiger partial charge in [-0.15, -0.1) is 0 Å². The molecule has 5 rings (SSSR count). The van der Waals surface area contributed by atoms with Gasteiger partial charge in [0, 0.05) is 0 Å². The van der Waals surface area contributed by atoms with Gasteiger partial charge in [0.05, 0.1) is 29.3 Å². The van der Waals surface area contributed by atoms with E-state index in [2.05, 4.69) is 18.2 Å². The van der Waals surface area contributed by atoms with E-state index in [-0.39, 0.29) is 5.56 Å². The van der Waals surface area contributed by atoms with Crippen LogP contribution < -0.4 is 5.56 Å². The zero-order valence-corrected chi connectivity index (χ0v) is 17.9. The van der Waals surface area contributed by atoms with Crippen LogP contribution in [0.25, 0.3) is 39.5 Å². The first-order valence-corrected chi connectivity index (χ1v) is 10.5. The van der Waals surface area contributed by atoms with Crippen LogP contribution in [-0.2, 0) is 4.74 Å². The van der Waals surface area contributed by atoms with Crippen molar-refractivity contribution in [2.75, 3.05) is 7.11 Å². The van der Waals surface area contributed by atoms with Gasteiger partial charge in [0.15, 0.2) is 0 Å². The summed E-state index contributed by atoms with van der Waals surface area (Å²) in [4.78, 5) is 30.0. The molecule has 33 heavy (non-hydrogen) atoms. The largest absolute Gasteiger partial charge is 0.465 e. The molecule has 5 nitrogen and oxygen atoms in total. The molecular weight excluding hydrogens is 412 g/mol. The van der Waals surface area contributed by atoms with Crippen LogP contribution in [0.15, 0.2) is 95.8 Å². The van der Waals surface area contributed by atoms with Gasteiger partial charge in [0.1, 0.15) is 5.82 Å². The average Bonchev–Trinajstić information content (AvgIpc) is 2.87. The number of carbonyl (C=O) groups excluding carboxylic acids is 1. The molecule has 0 spiro atoms. The van der Waals surface area contributed by atoms with Crippen molar-refractivity contribution in [2.24, 2.45) is 0 Å². The summed E-state index contributed by atoms with van der Waals surface area (Å²) in [6.07, 6.45) is 3.82. The number of benzene rings is 4. The fourth-order valence-electron chi connectivity index (χ4n) is 3.94. The molecule has 0 aliphatic rings. The average molecular weight is 432 g/mol. The first kappa shape index (κ1) is 20.4. The van der Waals surface area contributed by atoms with Gasteiger partial charge in [0.2, 0.25) is 0 Å². The molecule has 0 bridgehead atoms. The lowest BCUT2D eigenvalue weighted by molar-refractivity contribution is 0.0600. The molecule has 0 amide bonds. The van der Waals surface area contributed by atoms with E-state index >= 15 is 0 Å². The second-order valence-corrected chi connectivity index (χ2v) is 7.57. The number of hydrogen-bond acceptors (Lipinski definition) is 4. The van der Waals surface area contributed by atoms with Gasteiger partial charge in [-0.05, 0) is 58.8 Å². The highest BCUT2D eigenvalue weighted by molar-refractivity contribution is 5.93. The van der Waals surface area contributed by atoms with E-state index in [0.717, 1.165) is 16.3 Å². The summed E-state index contributed by atoms with van der Waals surface area (Å²) in [6.45, 7) is 0. The number of ether oxygens (including phenoxy) is 1. The highest BCUT2D eigenvalue weighted by Crippen LogP contribution is 2.21. The van der Waals surface area contributed by atoms with Crippen LogP contribution in [0.3, 0.4) is 0 Å². The van der Waals surface area contributed by atoms with Crippen molar-refractivity contribution in [2.45, 2.75) is 0 Å². The van der Waals surface area contributed by atoms with Crippen molar-refractivity contribution < 1.29 is 9.53 Å². The van der Waals surface area contributed by atoms with Gasteiger partial charge in [-0.1, -0.05) is 60.7 Å². The lowest BCUT2D eigenvalue weighted by Crippen LogP contribution is -2.22. The molecular formula is C28H20N2O3. The molecule has 0 saturated heterocycles. The lowest BCUT2D eigenvalue weighted by Gasteiger charge is -2.12. The summed E-state index contributed by atoms with van der Waals surface area (Å²) in [7, 11) is 1.34. The zero-order valence-electron chi connectivity index (χ0n) is 17.9. The quantitative estimate of drug-likeness (QED) is 0.352. The highest BCUT2D eigenvalue weighted by Gasteiger charge is 2.12. The molecule has 1 heterocycles. The van der Waals surface area contributed by atoms with Gasteiger partial charge in [-0.2, -0.15) is 0 Å². The monoisotopic (exact) mass is 432 g/mol. The van der Waals surface area contributed by atoms with Crippen LogP contribution in [0.5, 0.6) is 0 Å². The Labute approximate surface area is 190 Å². The lowest BCUT2D eigenvalue weighted by atomic mass is 10.0. The van der Waals surface area contributed by atoms with Crippen molar-refractivity contribution in [1.82, 2.24) is 9.55 Å². The first-order chi connectivity index (χ1) is 16.2. The van der Waals surface area contributed by atoms with Crippen LogP contribution in [0.2, 0.25) is 0 Å². The third kappa shape index (κ3) is 3.81. The minimum Gasteiger partial charge on any atom is -0.465 e. The summed E-state index contributed by atoms with van der Waals surface area (Å²) in [5, 5.41) is 2.78. The number of carbonyl (C=O) groups is 1. The number of fused-ring (bicyclic) bond motifs is 2. The maximum absolute atomic E-state index is 13.4. The van der Waals surface area contributed by atoms with E-state index in [0.29, 0.717) is 28.0 Å². The van der Waals surface area contributed by atoms with Crippen LogP contribution in [0.1, 0.15) is 21.7 Å². The van der Waals surface area contributed by atoms with E-state index in [1.54, 1.807) is 34.9 Å². The Bertz CT molecular complexity index is 1580. The topological polar surface area (TPSA) is 61.2 Å². The Hall–Kier alpha value is -4.51. The number of hydrogen-bond donors (Lipinski definition) is 0. The molecule has 5 heteroatoms. The predicted molar refractivity (Wildman–Crippen MR) is 132 cm³/mol. The van der Waals surface area contributed by atoms with Crippen LogP contribution in [0, 0.1) is 0 Å². The Morgan fingerprint density at radius 1 is 0.818 bits per heavy atom. The number of nitrogens with zero attached hydrogens (tertiary/aromatic N) is 2. The molecule has 0 N–H and O–H groups in total. The van der Waals surface area contributed by atoms with E-state index in [9.17, 15) is 9.59 Å². The zero-order chi connectivity index (χ0) is 22.8. The van der Waals surface area contributed by atoms with Gasteiger partial charge in [-0.3, -0.25) is 9.36 Å². The third-order valence-electron chi connectivity index (χ3n) is 5.58. The first-order valence-electron chi connectivity index (χ1n) is 10.5. The summed E-state index contributed by atoms with van der Waals surface area (Å²) in [6, 6.07) is 28.3. The summed E-state index contributed by atoms with van der Waals surface area (Å²) in [5.41, 5.74) is 2.51. The summed E-state index contributed by atoms with van der Waals surface area (Å²) < 4.78 is 6.34. The number of para-hydroxylation sites is 1. The van der Waals surface area contributed by atoms with E-state index in [1.165, 1.54) is 7.11 Å². The molecule has 0 atom stereocenters. The van der Waals surface area contributed by atoms with Crippen molar-refractivity contribution in [1.29, 1.82) is 0 Å². The van der Waals surface area contributed by atoms with E-state index in [4.69, 9.17) is 9.72 Å². The number of aromatic nitrogens is 2. The molecule has 160 valence electrons. The Morgan fingerprint density at radius 3 is 2.30 bits per heavy atom. The Kier molecular flexibility index (Phi) is 5.29. The van der Waals surface area contributed by atoms with Crippen LogP contribution in [-0.4, -0.2) is 22.6 Å². The van der Waals surface area contributed by atoms with Crippen molar-refractivity contribution in [3.05, 3.63) is 118 Å². The van der Waals surface area contributed by atoms with Gasteiger partial charge in [-0.25, -0.2) is 9.78 Å². The van der Waals surface area contributed by atoms with Crippen molar-refractivity contribution >= 4 is 39.8 Å². The van der Waals surface area contributed by atoms with Crippen molar-refractivity contribution in [3.8, 4) is 5.69 Å². The smallest absolute Gasteiger partial charge is 0.337 e. The van der Waals surface area contributed by atoms with Crippen LogP contribution >= 0.6 is 0 Å². The maximum Gasteiger partial charge on any atom is 0.337 e. The molecule has 0 fully saturated rings. The third-order valence-corrected chi connectivity index (χ3v) is 5.58. The van der Waals surface area contributed by atoms with Crippen LogP contribution in [0.4, 0.5) is 0 Å². The predicted octanol–water partition coefficient (Wildman–Crippen LogP) is 5.50. The highest BCUT2D eigenvalue weighted by atomic mass is 16.5. The second-order valence-electron chi connectivity index (χ2n) is 7.57. The second kappa shape index (κ2) is 8.55. The molecule has 0 unspecified atom stereocenters. The summed E-state index contributed by atoms with van der Waals surface area (Å²) in [5.74, 6) is 0.0686. The Morgan fingerprint density at radius 2 is 1.52 bits per heavy atom. The molecule has 4 aromatic carbocycles. The SMILES string of the molecule is COC(=O)c1ccc(-n2c(/C=C/c3cccc4ccccc34)nc3ccccc3c2=O)cc1. The van der Waals surface area contributed by atoms with E-state index in [1.807, 2.05) is 54.6 Å². The molecule has 0 saturated carbocycles. The van der Waals surface area contributed by atoms with E-state index < -0.39 is 5.97 Å². The maximum atomic E-state index is 13.4. The molecule has 0 radical (unpaired) electrons. The minimum atomic E-state index is -0.429. The number of esters is 1. The molecule has 0 aliphatic carbocycles. The summed E-state index contributed by atoms with van der Waals surface area (Å²) >= 11 is 0. The molecule has 5 aromatic rings. The number of methoxy groups -OCH3 is 1. The Balaban J connectivity index is 1.69. The fourth-order valence-corrected chi connectivity index (χ4v) is 3.94.